The van der Waals surface area contributed by atoms with Gasteiger partial charge < -0.3 is 23.7 Å². The van der Waals surface area contributed by atoms with Crippen molar-refractivity contribution in [3.8, 4) is 11.5 Å². The molecule has 0 unspecified atom stereocenters. The molecular formula is C29H32O6S. The summed E-state index contributed by atoms with van der Waals surface area (Å²) in [6.07, 6.45) is -0.868. The highest BCUT2D eigenvalue weighted by Crippen LogP contribution is 2.30. The summed E-state index contributed by atoms with van der Waals surface area (Å²) in [5, 5.41) is 0. The van der Waals surface area contributed by atoms with Crippen LogP contribution in [0.2, 0.25) is 0 Å². The Kier molecular flexibility index (Phi) is 9.81. The Balaban J connectivity index is 1.37. The van der Waals surface area contributed by atoms with Crippen molar-refractivity contribution < 1.29 is 28.5 Å². The van der Waals surface area contributed by atoms with Gasteiger partial charge in [0, 0.05) is 12.2 Å². The lowest BCUT2D eigenvalue weighted by molar-refractivity contribution is -0.168. The van der Waals surface area contributed by atoms with E-state index in [4.69, 9.17) is 23.7 Å². The van der Waals surface area contributed by atoms with Gasteiger partial charge >= 0.3 is 0 Å². The van der Waals surface area contributed by atoms with Gasteiger partial charge in [-0.05, 0) is 41.0 Å². The van der Waals surface area contributed by atoms with Gasteiger partial charge in [-0.3, -0.25) is 4.79 Å². The smallest absolute Gasteiger partial charge is 0.167 e. The number of carbonyl (C=O) groups is 1. The Morgan fingerprint density at radius 3 is 2.03 bits per heavy atom. The van der Waals surface area contributed by atoms with Gasteiger partial charge in [0.05, 0.1) is 34.0 Å². The fourth-order valence-electron chi connectivity index (χ4n) is 3.91. The van der Waals surface area contributed by atoms with Crippen molar-refractivity contribution in [1.29, 1.82) is 0 Å². The molecular weight excluding hydrogens is 476 g/mol. The zero-order valence-electron chi connectivity index (χ0n) is 20.6. The molecule has 0 spiro atoms. The van der Waals surface area contributed by atoms with E-state index < -0.39 is 12.2 Å². The summed E-state index contributed by atoms with van der Waals surface area (Å²) < 4.78 is 28.8. The molecule has 36 heavy (non-hydrogen) atoms. The predicted octanol–water partition coefficient (Wildman–Crippen LogP) is 5.42. The number of thioether (sulfide) groups is 1. The van der Waals surface area contributed by atoms with Crippen LogP contribution in [0.3, 0.4) is 0 Å². The second-order valence-corrected chi connectivity index (χ2v) is 9.66. The molecule has 3 atom stereocenters. The summed E-state index contributed by atoms with van der Waals surface area (Å²) in [4.78, 5) is 13.1. The number of rotatable bonds is 12. The number of hydrogen-bond acceptors (Lipinski definition) is 7. The number of carbonyl (C=O) groups excluding carboxylic acids is 1. The largest absolute Gasteiger partial charge is 0.497 e. The van der Waals surface area contributed by atoms with Crippen LogP contribution in [-0.2, 0) is 38.0 Å². The Bertz CT molecular complexity index is 1070. The molecule has 0 amide bonds. The van der Waals surface area contributed by atoms with Crippen LogP contribution in [0.15, 0.2) is 78.9 Å². The molecule has 1 heterocycles. The molecule has 0 aliphatic carbocycles. The van der Waals surface area contributed by atoms with Gasteiger partial charge in [-0.2, -0.15) is 0 Å². The second kappa shape index (κ2) is 13.5. The van der Waals surface area contributed by atoms with E-state index in [2.05, 4.69) is 12.1 Å². The van der Waals surface area contributed by atoms with Crippen molar-refractivity contribution in [3.05, 3.63) is 95.6 Å². The number of ketones is 1. The highest BCUT2D eigenvalue weighted by molar-refractivity contribution is 7.99. The molecule has 3 aromatic carbocycles. The highest BCUT2D eigenvalue weighted by Gasteiger charge is 2.39. The van der Waals surface area contributed by atoms with E-state index in [1.54, 1.807) is 26.0 Å². The van der Waals surface area contributed by atoms with Crippen molar-refractivity contribution in [2.45, 2.75) is 43.0 Å². The predicted molar refractivity (Wildman–Crippen MR) is 140 cm³/mol. The van der Waals surface area contributed by atoms with E-state index in [1.807, 2.05) is 66.7 Å². The van der Waals surface area contributed by atoms with E-state index in [0.29, 0.717) is 19.6 Å². The third-order valence-electron chi connectivity index (χ3n) is 5.93. The Morgan fingerprint density at radius 1 is 0.806 bits per heavy atom. The van der Waals surface area contributed by atoms with Crippen LogP contribution < -0.4 is 9.47 Å². The molecule has 1 fully saturated rings. The van der Waals surface area contributed by atoms with Crippen LogP contribution in [0.5, 0.6) is 11.5 Å². The maximum Gasteiger partial charge on any atom is 0.167 e. The summed E-state index contributed by atoms with van der Waals surface area (Å²) in [6, 6.07) is 25.5. The third kappa shape index (κ3) is 7.58. The van der Waals surface area contributed by atoms with Gasteiger partial charge in [-0.25, -0.2) is 0 Å². The lowest BCUT2D eigenvalue weighted by Gasteiger charge is -2.35. The SMILES string of the molecule is COc1ccc(COC[C@H]2O[C@H](SCc3ccccc3)CC(=O)[C@@H]2OCc2ccc(OC)cc2)cc1. The minimum absolute atomic E-state index is 0.0402. The van der Waals surface area contributed by atoms with Gasteiger partial charge in [-0.15, -0.1) is 11.8 Å². The number of ether oxygens (including phenoxy) is 5. The monoisotopic (exact) mass is 508 g/mol. The molecule has 6 nitrogen and oxygen atoms in total. The van der Waals surface area contributed by atoms with E-state index in [-0.39, 0.29) is 17.8 Å². The molecule has 0 aromatic heterocycles. The van der Waals surface area contributed by atoms with Crippen molar-refractivity contribution in [2.24, 2.45) is 0 Å². The van der Waals surface area contributed by atoms with Crippen LogP contribution in [0, 0.1) is 0 Å². The second-order valence-electron chi connectivity index (χ2n) is 8.51. The Labute approximate surface area is 216 Å². The lowest BCUT2D eigenvalue weighted by Crippen LogP contribution is -2.48. The topological polar surface area (TPSA) is 63.2 Å². The standard InChI is InChI=1S/C29H32O6S/c1-31-24-12-8-21(9-13-24)17-33-19-27-29(34-18-22-10-14-25(32-2)15-11-22)26(30)16-28(35-27)36-20-23-6-4-3-5-7-23/h3-15,27-29H,16-20H2,1-2H3/t27-,28-,29+/m1/s1. The summed E-state index contributed by atoms with van der Waals surface area (Å²) in [5.74, 6) is 2.39. The fourth-order valence-corrected chi connectivity index (χ4v) is 4.99. The van der Waals surface area contributed by atoms with Crippen molar-refractivity contribution in [2.75, 3.05) is 20.8 Å². The number of benzene rings is 3. The van der Waals surface area contributed by atoms with Gasteiger partial charge in [0.15, 0.2) is 5.78 Å². The minimum atomic E-state index is -0.684. The summed E-state index contributed by atoms with van der Waals surface area (Å²) in [7, 11) is 3.27. The van der Waals surface area contributed by atoms with Gasteiger partial charge in [-0.1, -0.05) is 54.6 Å². The maximum atomic E-state index is 13.1. The van der Waals surface area contributed by atoms with E-state index in [9.17, 15) is 4.79 Å². The van der Waals surface area contributed by atoms with E-state index >= 15 is 0 Å². The van der Waals surface area contributed by atoms with E-state index in [0.717, 1.165) is 28.4 Å². The molecule has 190 valence electrons. The normalized spacial score (nSPS) is 19.7. The minimum Gasteiger partial charge on any atom is -0.497 e. The fraction of sp³-hybridized carbons (Fsp3) is 0.345. The Hall–Kier alpha value is -2.84. The molecule has 0 radical (unpaired) electrons. The zero-order chi connectivity index (χ0) is 25.2. The molecule has 1 saturated heterocycles. The molecule has 1 aliphatic heterocycles. The van der Waals surface area contributed by atoms with Crippen molar-refractivity contribution in [3.63, 3.8) is 0 Å². The van der Waals surface area contributed by atoms with Crippen LogP contribution in [0.1, 0.15) is 23.1 Å². The average molecular weight is 509 g/mol. The first kappa shape index (κ1) is 26.2. The maximum absolute atomic E-state index is 13.1. The van der Waals surface area contributed by atoms with Crippen LogP contribution in [0.25, 0.3) is 0 Å². The van der Waals surface area contributed by atoms with E-state index in [1.165, 1.54) is 5.56 Å². The summed E-state index contributed by atoms with van der Waals surface area (Å²) in [6.45, 7) is 0.971. The van der Waals surface area contributed by atoms with Crippen LogP contribution in [-0.4, -0.2) is 44.3 Å². The number of Topliss-reactive ketones (excluding diaryl/α,β-unsaturated/α-hetero) is 1. The zero-order valence-corrected chi connectivity index (χ0v) is 21.4. The molecule has 4 rings (SSSR count). The van der Waals surface area contributed by atoms with Gasteiger partial charge in [0.25, 0.3) is 0 Å². The van der Waals surface area contributed by atoms with Crippen molar-refractivity contribution in [1.82, 2.24) is 0 Å². The first-order chi connectivity index (χ1) is 17.6. The van der Waals surface area contributed by atoms with Crippen LogP contribution >= 0.6 is 11.8 Å². The first-order valence-corrected chi connectivity index (χ1v) is 13.0. The average Bonchev–Trinajstić information content (AvgIpc) is 2.92. The molecule has 3 aromatic rings. The first-order valence-electron chi connectivity index (χ1n) is 11.9. The van der Waals surface area contributed by atoms with Gasteiger partial charge in [0.2, 0.25) is 0 Å². The van der Waals surface area contributed by atoms with Crippen LogP contribution in [0.4, 0.5) is 0 Å². The quantitative estimate of drug-likeness (QED) is 0.324. The van der Waals surface area contributed by atoms with Gasteiger partial charge in [0.1, 0.15) is 29.1 Å². The summed E-state index contributed by atoms with van der Waals surface area (Å²) in [5.41, 5.74) is 2.93. The summed E-state index contributed by atoms with van der Waals surface area (Å²) >= 11 is 1.63. The third-order valence-corrected chi connectivity index (χ3v) is 7.08. The molecule has 7 heteroatoms. The lowest BCUT2D eigenvalue weighted by atomic mass is 10.0. The number of hydrogen-bond donors (Lipinski definition) is 0. The number of methoxy groups -OCH3 is 2. The molecule has 1 aliphatic rings. The highest BCUT2D eigenvalue weighted by atomic mass is 32.2. The molecule has 0 N–H and O–H groups in total. The molecule has 0 saturated carbocycles. The Morgan fingerprint density at radius 2 is 1.42 bits per heavy atom. The molecule has 0 bridgehead atoms. The van der Waals surface area contributed by atoms with Crippen molar-refractivity contribution >= 4 is 17.5 Å².